The molecule has 2 aromatic carbocycles. The molecule has 0 aromatic heterocycles. The summed E-state index contributed by atoms with van der Waals surface area (Å²) < 4.78 is 11.0. The molecule has 0 saturated heterocycles. The third kappa shape index (κ3) is 4.41. The number of benzene rings is 2. The predicted octanol–water partition coefficient (Wildman–Crippen LogP) is 2.45. The maximum Gasteiger partial charge on any atom is 0.224 e. The number of hydrogen-bond acceptors (Lipinski definition) is 4. The van der Waals surface area contributed by atoms with Gasteiger partial charge in [-0.05, 0) is 48.2 Å². The Morgan fingerprint density at radius 3 is 2.50 bits per heavy atom. The van der Waals surface area contributed by atoms with Crippen molar-refractivity contribution in [2.24, 2.45) is 0 Å². The number of carbonyl (C=O) groups is 1. The Morgan fingerprint density at radius 1 is 1.00 bits per heavy atom. The minimum atomic E-state index is -0.00242. The zero-order valence-corrected chi connectivity index (χ0v) is 13.5. The van der Waals surface area contributed by atoms with E-state index in [9.17, 15) is 9.90 Å². The number of amides is 1. The van der Waals surface area contributed by atoms with Crippen molar-refractivity contribution in [2.75, 3.05) is 19.8 Å². The minimum absolute atomic E-state index is 0.00242. The van der Waals surface area contributed by atoms with Gasteiger partial charge in [-0.2, -0.15) is 0 Å². The fourth-order valence-electron chi connectivity index (χ4n) is 2.63. The summed E-state index contributed by atoms with van der Waals surface area (Å²) in [5.74, 6) is 1.71. The number of rotatable bonds is 6. The number of nitrogens with one attached hydrogen (secondary N) is 1. The fourth-order valence-corrected chi connectivity index (χ4v) is 2.63. The average molecular weight is 327 g/mol. The van der Waals surface area contributed by atoms with Crippen LogP contribution >= 0.6 is 0 Å². The minimum Gasteiger partial charge on any atom is -0.508 e. The standard InChI is InChI=1S/C19H21NO4/c21-16-6-3-14(4-7-16)2-1-9-20-19(22)13-15-5-8-17-18(12-15)24-11-10-23-17/h3-8,12,21H,1-2,9-11,13H2,(H,20,22). The highest BCUT2D eigenvalue weighted by Gasteiger charge is 2.13. The number of aryl methyl sites for hydroxylation is 1. The molecular formula is C19H21NO4. The van der Waals surface area contributed by atoms with Crippen LogP contribution in [0.25, 0.3) is 0 Å². The number of hydrogen-bond donors (Lipinski definition) is 2. The van der Waals surface area contributed by atoms with Gasteiger partial charge >= 0.3 is 0 Å². The van der Waals surface area contributed by atoms with Gasteiger partial charge in [-0.25, -0.2) is 0 Å². The van der Waals surface area contributed by atoms with Gasteiger partial charge in [-0.3, -0.25) is 4.79 Å². The molecule has 1 heterocycles. The molecule has 0 spiro atoms. The number of carbonyl (C=O) groups excluding carboxylic acids is 1. The van der Waals surface area contributed by atoms with Crippen LogP contribution in [0, 0.1) is 0 Å². The quantitative estimate of drug-likeness (QED) is 0.800. The van der Waals surface area contributed by atoms with E-state index >= 15 is 0 Å². The Balaban J connectivity index is 1.41. The lowest BCUT2D eigenvalue weighted by atomic mass is 10.1. The summed E-state index contributed by atoms with van der Waals surface area (Å²) in [5.41, 5.74) is 2.06. The van der Waals surface area contributed by atoms with E-state index in [1.54, 1.807) is 12.1 Å². The lowest BCUT2D eigenvalue weighted by Crippen LogP contribution is -2.26. The molecule has 0 aliphatic carbocycles. The molecule has 126 valence electrons. The van der Waals surface area contributed by atoms with Crippen LogP contribution in [0.5, 0.6) is 17.2 Å². The first-order valence-corrected chi connectivity index (χ1v) is 8.14. The molecule has 24 heavy (non-hydrogen) atoms. The summed E-state index contributed by atoms with van der Waals surface area (Å²) in [6.45, 7) is 1.73. The molecule has 2 N–H and O–H groups in total. The van der Waals surface area contributed by atoms with E-state index in [0.29, 0.717) is 31.9 Å². The van der Waals surface area contributed by atoms with Gasteiger partial charge in [0, 0.05) is 6.54 Å². The van der Waals surface area contributed by atoms with Crippen molar-refractivity contribution in [3.63, 3.8) is 0 Å². The van der Waals surface area contributed by atoms with Gasteiger partial charge in [0.25, 0.3) is 0 Å². The van der Waals surface area contributed by atoms with Crippen LogP contribution in [-0.2, 0) is 17.6 Å². The smallest absolute Gasteiger partial charge is 0.224 e. The molecule has 5 heteroatoms. The van der Waals surface area contributed by atoms with Crippen LogP contribution in [0.2, 0.25) is 0 Å². The van der Waals surface area contributed by atoms with E-state index in [2.05, 4.69) is 5.32 Å². The maximum absolute atomic E-state index is 12.0. The molecule has 2 aromatic rings. The second-order valence-corrected chi connectivity index (χ2v) is 5.77. The van der Waals surface area contributed by atoms with Gasteiger partial charge in [0.1, 0.15) is 19.0 Å². The second kappa shape index (κ2) is 7.73. The van der Waals surface area contributed by atoms with Crippen molar-refractivity contribution in [3.05, 3.63) is 53.6 Å². The van der Waals surface area contributed by atoms with Crippen molar-refractivity contribution in [3.8, 4) is 17.2 Å². The third-order valence-electron chi connectivity index (χ3n) is 3.87. The van der Waals surface area contributed by atoms with E-state index < -0.39 is 0 Å². The molecule has 3 rings (SSSR count). The van der Waals surface area contributed by atoms with E-state index in [1.807, 2.05) is 30.3 Å². The second-order valence-electron chi connectivity index (χ2n) is 5.77. The van der Waals surface area contributed by atoms with Crippen molar-refractivity contribution >= 4 is 5.91 Å². The highest BCUT2D eigenvalue weighted by Crippen LogP contribution is 2.30. The van der Waals surface area contributed by atoms with Crippen LogP contribution in [0.4, 0.5) is 0 Å². The van der Waals surface area contributed by atoms with Crippen molar-refractivity contribution in [1.29, 1.82) is 0 Å². The summed E-state index contributed by atoms with van der Waals surface area (Å²) in [6.07, 6.45) is 2.05. The van der Waals surface area contributed by atoms with E-state index in [1.165, 1.54) is 0 Å². The fraction of sp³-hybridized carbons (Fsp3) is 0.316. The summed E-state index contributed by atoms with van der Waals surface area (Å²) in [4.78, 5) is 12.0. The summed E-state index contributed by atoms with van der Waals surface area (Å²) in [5, 5.41) is 12.2. The molecule has 0 saturated carbocycles. The molecule has 0 fully saturated rings. The van der Waals surface area contributed by atoms with Crippen LogP contribution in [0.3, 0.4) is 0 Å². The Kier molecular flexibility index (Phi) is 5.21. The molecular weight excluding hydrogens is 306 g/mol. The average Bonchev–Trinajstić information content (AvgIpc) is 2.60. The van der Waals surface area contributed by atoms with Crippen LogP contribution in [0.15, 0.2) is 42.5 Å². The number of aromatic hydroxyl groups is 1. The van der Waals surface area contributed by atoms with E-state index in [0.717, 1.165) is 29.7 Å². The summed E-state index contributed by atoms with van der Waals surface area (Å²) >= 11 is 0. The molecule has 1 aliphatic rings. The van der Waals surface area contributed by atoms with Gasteiger partial charge in [0.15, 0.2) is 11.5 Å². The number of phenolic OH excluding ortho intramolecular Hbond substituents is 1. The summed E-state index contributed by atoms with van der Waals surface area (Å²) in [6, 6.07) is 12.8. The highest BCUT2D eigenvalue weighted by molar-refractivity contribution is 5.78. The van der Waals surface area contributed by atoms with Gasteiger partial charge in [0.2, 0.25) is 5.91 Å². The molecule has 0 bridgehead atoms. The summed E-state index contributed by atoms with van der Waals surface area (Å²) in [7, 11) is 0. The normalized spacial score (nSPS) is 12.7. The number of ether oxygens (including phenoxy) is 2. The van der Waals surface area contributed by atoms with Crippen molar-refractivity contribution < 1.29 is 19.4 Å². The number of phenols is 1. The van der Waals surface area contributed by atoms with Crippen molar-refractivity contribution in [2.45, 2.75) is 19.3 Å². The Morgan fingerprint density at radius 2 is 1.71 bits per heavy atom. The number of fused-ring (bicyclic) bond motifs is 1. The van der Waals surface area contributed by atoms with Gasteiger partial charge in [-0.15, -0.1) is 0 Å². The van der Waals surface area contributed by atoms with Gasteiger partial charge < -0.3 is 19.9 Å². The first-order valence-electron chi connectivity index (χ1n) is 8.14. The third-order valence-corrected chi connectivity index (χ3v) is 3.87. The molecule has 0 atom stereocenters. The molecule has 5 nitrogen and oxygen atoms in total. The zero-order valence-electron chi connectivity index (χ0n) is 13.5. The zero-order chi connectivity index (χ0) is 16.8. The van der Waals surface area contributed by atoms with Crippen molar-refractivity contribution in [1.82, 2.24) is 5.32 Å². The van der Waals surface area contributed by atoms with Crippen LogP contribution in [0.1, 0.15) is 17.5 Å². The van der Waals surface area contributed by atoms with Gasteiger partial charge in [-0.1, -0.05) is 18.2 Å². The predicted molar refractivity (Wildman–Crippen MR) is 90.6 cm³/mol. The topological polar surface area (TPSA) is 67.8 Å². The Labute approximate surface area is 141 Å². The largest absolute Gasteiger partial charge is 0.508 e. The highest BCUT2D eigenvalue weighted by atomic mass is 16.6. The molecule has 0 radical (unpaired) electrons. The van der Waals surface area contributed by atoms with Crippen LogP contribution < -0.4 is 14.8 Å². The first-order chi connectivity index (χ1) is 11.7. The van der Waals surface area contributed by atoms with E-state index in [-0.39, 0.29) is 11.7 Å². The molecule has 1 aliphatic heterocycles. The van der Waals surface area contributed by atoms with Gasteiger partial charge in [0.05, 0.1) is 6.42 Å². The SMILES string of the molecule is O=C(Cc1ccc2c(c1)OCCO2)NCCCc1ccc(O)cc1. The Hall–Kier alpha value is -2.69. The van der Waals surface area contributed by atoms with E-state index in [4.69, 9.17) is 9.47 Å². The monoisotopic (exact) mass is 327 g/mol. The molecule has 1 amide bonds. The lowest BCUT2D eigenvalue weighted by molar-refractivity contribution is -0.120. The maximum atomic E-state index is 12.0. The van der Waals surface area contributed by atoms with Crippen LogP contribution in [-0.4, -0.2) is 30.8 Å². The molecule has 0 unspecified atom stereocenters. The first kappa shape index (κ1) is 16.2. The lowest BCUT2D eigenvalue weighted by Gasteiger charge is -2.18. The Bertz CT molecular complexity index is 697.